The van der Waals surface area contributed by atoms with Crippen LogP contribution in [0.15, 0.2) is 103 Å². The molecule has 1 aromatic heterocycles. The van der Waals surface area contributed by atoms with E-state index in [1.54, 1.807) is 0 Å². The Kier molecular flexibility index (Phi) is 3.94. The third kappa shape index (κ3) is 2.69. The number of rotatable bonds is 2. The van der Waals surface area contributed by atoms with E-state index in [9.17, 15) is 0 Å². The fraction of sp³-hybridized carbons (Fsp3) is 0.0690. The second-order valence-electron chi connectivity index (χ2n) is 8.22. The summed E-state index contributed by atoms with van der Waals surface area (Å²) in [6.07, 6.45) is 0. The number of imidazole rings is 1. The van der Waals surface area contributed by atoms with Gasteiger partial charge in [-0.1, -0.05) is 66.7 Å². The number of hydrogen-bond donors (Lipinski definition) is 0. The van der Waals surface area contributed by atoms with E-state index in [-0.39, 0.29) is 0 Å². The van der Waals surface area contributed by atoms with Gasteiger partial charge < -0.3 is 0 Å². The molecule has 0 amide bonds. The first-order chi connectivity index (χ1) is 15.2. The Morgan fingerprint density at radius 3 is 2.23 bits per heavy atom. The molecule has 0 aliphatic heterocycles. The second-order valence-corrected chi connectivity index (χ2v) is 8.22. The summed E-state index contributed by atoms with van der Waals surface area (Å²) >= 11 is 0. The van der Waals surface area contributed by atoms with Crippen molar-refractivity contribution in [2.75, 3.05) is 0 Å². The number of hydrogen-bond acceptors (Lipinski definition) is 0. The van der Waals surface area contributed by atoms with Crippen LogP contribution in [0.1, 0.15) is 5.56 Å². The molecule has 2 nitrogen and oxygen atoms in total. The van der Waals surface area contributed by atoms with E-state index >= 15 is 0 Å². The molecule has 31 heavy (non-hydrogen) atoms. The maximum atomic E-state index is 2.38. The lowest BCUT2D eigenvalue weighted by Gasteiger charge is -2.10. The molecule has 0 aliphatic rings. The maximum Gasteiger partial charge on any atom is 0.295 e. The fourth-order valence-electron chi connectivity index (χ4n) is 4.86. The van der Waals surface area contributed by atoms with Gasteiger partial charge in [-0.3, -0.25) is 0 Å². The molecule has 0 radical (unpaired) electrons. The summed E-state index contributed by atoms with van der Waals surface area (Å²) in [5, 5.41) is 5.17. The fourth-order valence-corrected chi connectivity index (χ4v) is 4.86. The first-order valence-electron chi connectivity index (χ1n) is 10.7. The molecule has 6 rings (SSSR count). The largest absolute Gasteiger partial charge is 0.295 e. The number of aryl methyl sites for hydroxylation is 2. The van der Waals surface area contributed by atoms with Gasteiger partial charge in [0.25, 0.3) is 5.82 Å². The Hall–Kier alpha value is -3.91. The molecule has 0 saturated heterocycles. The van der Waals surface area contributed by atoms with Gasteiger partial charge in [-0.15, -0.1) is 0 Å². The summed E-state index contributed by atoms with van der Waals surface area (Å²) < 4.78 is 4.70. The van der Waals surface area contributed by atoms with Crippen LogP contribution in [-0.2, 0) is 7.05 Å². The molecule has 5 aromatic carbocycles. The number of aromatic nitrogens is 2. The topological polar surface area (TPSA) is 8.81 Å². The minimum absolute atomic E-state index is 1.17. The molecule has 0 fully saturated rings. The van der Waals surface area contributed by atoms with E-state index in [1.165, 1.54) is 55.2 Å². The van der Waals surface area contributed by atoms with Crippen LogP contribution in [0, 0.1) is 6.92 Å². The highest BCUT2D eigenvalue weighted by atomic mass is 15.2. The Labute approximate surface area is 181 Å². The van der Waals surface area contributed by atoms with Crippen molar-refractivity contribution in [2.24, 2.45) is 7.05 Å². The zero-order valence-electron chi connectivity index (χ0n) is 17.7. The molecule has 1 heterocycles. The highest BCUT2D eigenvalue weighted by Crippen LogP contribution is 2.34. The molecule has 6 aromatic rings. The maximum absolute atomic E-state index is 2.38. The average Bonchev–Trinajstić information content (AvgIpc) is 3.11. The first kappa shape index (κ1) is 17.9. The highest BCUT2D eigenvalue weighted by molar-refractivity contribution is 6.08. The summed E-state index contributed by atoms with van der Waals surface area (Å²) in [5.41, 5.74) is 6.14. The van der Waals surface area contributed by atoms with Crippen molar-refractivity contribution in [3.8, 4) is 17.1 Å². The third-order valence-electron chi connectivity index (χ3n) is 6.36. The Morgan fingerprint density at radius 1 is 0.645 bits per heavy atom. The minimum atomic E-state index is 1.17. The summed E-state index contributed by atoms with van der Waals surface area (Å²) in [4.78, 5) is 0. The predicted octanol–water partition coefficient (Wildman–Crippen LogP) is 6.74. The van der Waals surface area contributed by atoms with Crippen LogP contribution in [-0.4, -0.2) is 4.57 Å². The van der Waals surface area contributed by atoms with Crippen molar-refractivity contribution >= 4 is 32.6 Å². The van der Waals surface area contributed by atoms with Gasteiger partial charge in [-0.2, -0.15) is 4.57 Å². The van der Waals surface area contributed by atoms with Crippen molar-refractivity contribution in [1.82, 2.24) is 4.57 Å². The number of para-hydroxylation sites is 3. The normalized spacial score (nSPS) is 11.5. The van der Waals surface area contributed by atoms with Gasteiger partial charge in [-0.05, 0) is 70.4 Å². The van der Waals surface area contributed by atoms with E-state index in [2.05, 4.69) is 126 Å². The van der Waals surface area contributed by atoms with Crippen LogP contribution >= 0.6 is 0 Å². The summed E-state index contributed by atoms with van der Waals surface area (Å²) in [6.45, 7) is 2.23. The molecule has 0 aliphatic carbocycles. The minimum Gasteiger partial charge on any atom is -0.225 e. The van der Waals surface area contributed by atoms with Crippen LogP contribution in [0.25, 0.3) is 49.7 Å². The van der Waals surface area contributed by atoms with E-state index < -0.39 is 0 Å². The van der Waals surface area contributed by atoms with Gasteiger partial charge in [0.15, 0.2) is 11.0 Å². The van der Waals surface area contributed by atoms with Gasteiger partial charge in [-0.25, -0.2) is 4.57 Å². The van der Waals surface area contributed by atoms with E-state index in [4.69, 9.17) is 0 Å². The van der Waals surface area contributed by atoms with Crippen molar-refractivity contribution in [3.63, 3.8) is 0 Å². The molecule has 148 valence electrons. The van der Waals surface area contributed by atoms with E-state index in [0.717, 1.165) is 0 Å². The van der Waals surface area contributed by atoms with Crippen LogP contribution in [0.3, 0.4) is 0 Å². The van der Waals surface area contributed by atoms with Crippen LogP contribution < -0.4 is 4.57 Å². The highest BCUT2D eigenvalue weighted by Gasteiger charge is 2.27. The van der Waals surface area contributed by atoms with Crippen molar-refractivity contribution in [3.05, 3.63) is 109 Å². The van der Waals surface area contributed by atoms with E-state index in [0.29, 0.717) is 0 Å². The van der Waals surface area contributed by atoms with Gasteiger partial charge in [0, 0.05) is 0 Å². The Morgan fingerprint density at radius 2 is 1.35 bits per heavy atom. The monoisotopic (exact) mass is 399 g/mol. The molecule has 0 atom stereocenters. The third-order valence-corrected chi connectivity index (χ3v) is 6.36. The standard InChI is InChI=1S/C29H23N2/c1-20-18-26-22(17-16-21-10-6-7-13-24(21)26)19-25(20)29-30(2)27-14-8-9-15-28(27)31(29)23-11-4-3-5-12-23/h3-19H,1-2H3/q+1. The number of nitrogens with zero attached hydrogens (tertiary/aromatic N) is 2. The molecular formula is C29H23N2+. The Bertz CT molecular complexity index is 1590. The molecule has 0 spiro atoms. The zero-order valence-corrected chi connectivity index (χ0v) is 17.7. The lowest BCUT2D eigenvalue weighted by Crippen LogP contribution is -2.30. The molecule has 2 heteroatoms. The van der Waals surface area contributed by atoms with Gasteiger partial charge >= 0.3 is 0 Å². The molecular weight excluding hydrogens is 376 g/mol. The number of benzene rings is 5. The van der Waals surface area contributed by atoms with Gasteiger partial charge in [0.2, 0.25) is 0 Å². The molecule has 0 N–H and O–H groups in total. The average molecular weight is 400 g/mol. The van der Waals surface area contributed by atoms with Crippen LogP contribution in [0.4, 0.5) is 0 Å². The molecule has 0 saturated carbocycles. The Balaban J connectivity index is 1.72. The van der Waals surface area contributed by atoms with Crippen molar-refractivity contribution in [1.29, 1.82) is 0 Å². The SMILES string of the molecule is Cc1cc2c(ccc3ccccc32)cc1-c1n(-c2ccccc2)c2ccccc2[n+]1C. The summed E-state index contributed by atoms with van der Waals surface area (Å²) in [7, 11) is 2.17. The first-order valence-corrected chi connectivity index (χ1v) is 10.7. The molecule has 0 bridgehead atoms. The van der Waals surface area contributed by atoms with E-state index in [1.807, 2.05) is 0 Å². The zero-order chi connectivity index (χ0) is 20.9. The predicted molar refractivity (Wildman–Crippen MR) is 130 cm³/mol. The smallest absolute Gasteiger partial charge is 0.225 e. The second kappa shape index (κ2) is 6.82. The number of fused-ring (bicyclic) bond motifs is 4. The quantitative estimate of drug-likeness (QED) is 0.225. The van der Waals surface area contributed by atoms with Crippen LogP contribution in [0.5, 0.6) is 0 Å². The van der Waals surface area contributed by atoms with Crippen molar-refractivity contribution in [2.45, 2.75) is 6.92 Å². The lowest BCUT2D eigenvalue weighted by atomic mass is 9.96. The van der Waals surface area contributed by atoms with Crippen molar-refractivity contribution < 1.29 is 4.57 Å². The lowest BCUT2D eigenvalue weighted by molar-refractivity contribution is -0.633. The van der Waals surface area contributed by atoms with Crippen LogP contribution in [0.2, 0.25) is 0 Å². The summed E-state index contributed by atoms with van der Waals surface area (Å²) in [5.74, 6) is 1.19. The van der Waals surface area contributed by atoms with Gasteiger partial charge in [0.05, 0.1) is 12.6 Å². The summed E-state index contributed by atoms with van der Waals surface area (Å²) in [6, 6.07) is 37.1. The van der Waals surface area contributed by atoms with Gasteiger partial charge in [0.1, 0.15) is 5.69 Å². The molecule has 0 unspecified atom stereocenters.